The van der Waals surface area contributed by atoms with Crippen LogP contribution in [0.15, 0.2) is 52.2 Å². The molecule has 0 spiro atoms. The summed E-state index contributed by atoms with van der Waals surface area (Å²) in [4.78, 5) is 0.316. The Morgan fingerprint density at radius 3 is 2.86 bits per heavy atom. The Morgan fingerprint density at radius 2 is 2.10 bits per heavy atom. The Kier molecular flexibility index (Phi) is 3.38. The molecule has 0 amide bonds. The second-order valence-corrected chi connectivity index (χ2v) is 4.22. The van der Waals surface area contributed by atoms with E-state index < -0.39 is 0 Å². The summed E-state index contributed by atoms with van der Waals surface area (Å²) in [7, 11) is 1.48. The van der Waals surface area contributed by atoms with E-state index in [0.29, 0.717) is 21.7 Å². The SMILES string of the molecule is COc1ccc(/C=N/Nc2ccccc2)c2no[n+]([O-])c12. The van der Waals surface area contributed by atoms with Gasteiger partial charge < -0.3 is 9.94 Å². The van der Waals surface area contributed by atoms with Crippen molar-refractivity contribution in [2.45, 2.75) is 0 Å². The predicted molar refractivity (Wildman–Crippen MR) is 77.2 cm³/mol. The van der Waals surface area contributed by atoms with E-state index in [-0.39, 0.29) is 5.52 Å². The van der Waals surface area contributed by atoms with E-state index >= 15 is 0 Å². The molecule has 0 bridgehead atoms. The summed E-state index contributed by atoms with van der Waals surface area (Å²) in [5.74, 6) is 0.398. The van der Waals surface area contributed by atoms with Crippen LogP contribution in [0.4, 0.5) is 5.69 Å². The predicted octanol–water partition coefficient (Wildman–Crippen LogP) is 1.92. The summed E-state index contributed by atoms with van der Waals surface area (Å²) in [6, 6.07) is 12.9. The second-order valence-electron chi connectivity index (χ2n) is 4.22. The summed E-state index contributed by atoms with van der Waals surface area (Å²) < 4.78 is 9.73. The Bertz CT molecular complexity index is 784. The average molecular weight is 284 g/mol. The normalized spacial score (nSPS) is 11.1. The van der Waals surface area contributed by atoms with E-state index in [9.17, 15) is 5.21 Å². The number of nitrogens with one attached hydrogen (secondary N) is 1. The van der Waals surface area contributed by atoms with E-state index in [2.05, 4.69) is 20.3 Å². The fourth-order valence-electron chi connectivity index (χ4n) is 1.93. The maximum atomic E-state index is 11.6. The van der Waals surface area contributed by atoms with Crippen molar-refractivity contribution < 1.29 is 14.3 Å². The lowest BCUT2D eigenvalue weighted by molar-refractivity contribution is -0.782. The first kappa shape index (κ1) is 12.9. The molecule has 7 nitrogen and oxygen atoms in total. The number of anilines is 1. The zero-order valence-corrected chi connectivity index (χ0v) is 11.2. The van der Waals surface area contributed by atoms with Crippen LogP contribution in [0.3, 0.4) is 0 Å². The van der Waals surface area contributed by atoms with E-state index in [1.807, 2.05) is 30.3 Å². The third kappa shape index (κ3) is 2.48. The van der Waals surface area contributed by atoms with Gasteiger partial charge in [0, 0.05) is 5.16 Å². The maximum absolute atomic E-state index is 11.6. The highest BCUT2D eigenvalue weighted by molar-refractivity contribution is 5.97. The molecular weight excluding hydrogens is 272 g/mol. The van der Waals surface area contributed by atoms with Crippen LogP contribution in [0.1, 0.15) is 5.56 Å². The Balaban J connectivity index is 1.91. The minimum Gasteiger partial charge on any atom is -0.492 e. The molecule has 0 aliphatic carbocycles. The van der Waals surface area contributed by atoms with Gasteiger partial charge in [0.1, 0.15) is 0 Å². The van der Waals surface area contributed by atoms with Crippen LogP contribution in [0.2, 0.25) is 0 Å². The summed E-state index contributed by atoms with van der Waals surface area (Å²) in [6.45, 7) is 0. The summed E-state index contributed by atoms with van der Waals surface area (Å²) in [5, 5.41) is 19.4. The van der Waals surface area contributed by atoms with Crippen molar-refractivity contribution in [1.82, 2.24) is 5.16 Å². The molecule has 0 fully saturated rings. The summed E-state index contributed by atoms with van der Waals surface area (Å²) in [6.07, 6.45) is 1.57. The van der Waals surface area contributed by atoms with Crippen LogP contribution >= 0.6 is 0 Å². The molecule has 0 radical (unpaired) electrons. The topological polar surface area (TPSA) is 86.6 Å². The molecule has 21 heavy (non-hydrogen) atoms. The third-order valence-corrected chi connectivity index (χ3v) is 2.93. The molecule has 106 valence electrons. The number of para-hydroxylation sites is 1. The van der Waals surface area contributed by atoms with E-state index in [1.165, 1.54) is 7.11 Å². The van der Waals surface area contributed by atoms with Gasteiger partial charge in [0.05, 0.1) is 24.6 Å². The Hall–Kier alpha value is -3.09. The first-order valence-electron chi connectivity index (χ1n) is 6.20. The minimum atomic E-state index is 0.237. The van der Waals surface area contributed by atoms with Crippen molar-refractivity contribution >= 4 is 22.9 Å². The van der Waals surface area contributed by atoms with Crippen molar-refractivity contribution in [3.63, 3.8) is 0 Å². The lowest BCUT2D eigenvalue weighted by Crippen LogP contribution is -2.23. The molecular formula is C14H12N4O3. The second kappa shape index (κ2) is 5.49. The molecule has 7 heteroatoms. The molecule has 3 aromatic rings. The van der Waals surface area contributed by atoms with Crippen molar-refractivity contribution in [3.05, 3.63) is 53.2 Å². The first-order chi connectivity index (χ1) is 10.3. The van der Waals surface area contributed by atoms with Gasteiger partial charge in [0.2, 0.25) is 0 Å². The van der Waals surface area contributed by atoms with Gasteiger partial charge >= 0.3 is 0 Å². The van der Waals surface area contributed by atoms with Gasteiger partial charge in [-0.15, -0.1) is 0 Å². The van der Waals surface area contributed by atoms with Crippen LogP contribution in [-0.2, 0) is 0 Å². The monoisotopic (exact) mass is 284 g/mol. The average Bonchev–Trinajstić information content (AvgIpc) is 2.91. The van der Waals surface area contributed by atoms with Crippen LogP contribution in [0.25, 0.3) is 11.0 Å². The van der Waals surface area contributed by atoms with Gasteiger partial charge in [0.25, 0.3) is 11.0 Å². The Labute approximate surface area is 120 Å². The van der Waals surface area contributed by atoms with Gasteiger partial charge in [-0.2, -0.15) is 5.10 Å². The quantitative estimate of drug-likeness (QED) is 0.449. The van der Waals surface area contributed by atoms with Crippen molar-refractivity contribution in [1.29, 1.82) is 0 Å². The number of benzene rings is 2. The number of methoxy groups -OCH3 is 1. The number of fused-ring (bicyclic) bond motifs is 1. The van der Waals surface area contributed by atoms with Crippen LogP contribution in [0.5, 0.6) is 5.75 Å². The number of aromatic nitrogens is 2. The highest BCUT2D eigenvalue weighted by Gasteiger charge is 2.18. The fourth-order valence-corrected chi connectivity index (χ4v) is 1.93. The van der Waals surface area contributed by atoms with Crippen molar-refractivity contribution in [2.24, 2.45) is 5.10 Å². The smallest absolute Gasteiger partial charge is 0.268 e. The largest absolute Gasteiger partial charge is 0.492 e. The molecule has 0 saturated heterocycles. The van der Waals surface area contributed by atoms with Gasteiger partial charge in [-0.25, -0.2) is 0 Å². The standard InChI is InChI=1S/C14H12N4O3/c1-20-12-8-7-10(13-14(12)18(19)21-17-13)9-15-16-11-5-3-2-4-6-11/h2-9,16H,1H3/b15-9+. The highest BCUT2D eigenvalue weighted by Crippen LogP contribution is 2.23. The van der Waals surface area contributed by atoms with Crippen molar-refractivity contribution in [2.75, 3.05) is 12.5 Å². The third-order valence-electron chi connectivity index (χ3n) is 2.93. The molecule has 0 unspecified atom stereocenters. The van der Waals surface area contributed by atoms with Gasteiger partial charge in [-0.3, -0.25) is 10.1 Å². The van der Waals surface area contributed by atoms with Gasteiger partial charge in [-0.1, -0.05) is 18.2 Å². The number of rotatable bonds is 4. The molecule has 0 aliphatic rings. The lowest BCUT2D eigenvalue weighted by atomic mass is 10.2. The molecule has 1 N–H and O–H groups in total. The van der Waals surface area contributed by atoms with Gasteiger partial charge in [-0.05, 0) is 29.2 Å². The number of nitrogens with zero attached hydrogens (tertiary/aromatic N) is 3. The zero-order chi connectivity index (χ0) is 14.7. The molecule has 2 aromatic carbocycles. The number of hydrogen-bond acceptors (Lipinski definition) is 6. The summed E-state index contributed by atoms with van der Waals surface area (Å²) in [5.41, 5.74) is 5.02. The summed E-state index contributed by atoms with van der Waals surface area (Å²) >= 11 is 0. The molecule has 0 atom stereocenters. The maximum Gasteiger partial charge on any atom is 0.268 e. The fraction of sp³-hybridized carbons (Fsp3) is 0.0714. The van der Waals surface area contributed by atoms with Crippen LogP contribution < -0.4 is 15.1 Å². The Morgan fingerprint density at radius 1 is 1.29 bits per heavy atom. The number of hydrazone groups is 1. The number of ether oxygens (including phenoxy) is 1. The minimum absolute atomic E-state index is 0.237. The van der Waals surface area contributed by atoms with Crippen LogP contribution in [-0.4, -0.2) is 18.5 Å². The van der Waals surface area contributed by atoms with E-state index in [4.69, 9.17) is 4.74 Å². The van der Waals surface area contributed by atoms with Crippen molar-refractivity contribution in [3.8, 4) is 5.75 Å². The highest BCUT2D eigenvalue weighted by atomic mass is 16.8. The molecule has 3 rings (SSSR count). The molecule has 0 saturated carbocycles. The van der Waals surface area contributed by atoms with E-state index in [1.54, 1.807) is 18.3 Å². The van der Waals surface area contributed by atoms with Crippen LogP contribution in [0, 0.1) is 5.21 Å². The molecule has 0 aliphatic heterocycles. The molecule has 1 heterocycles. The van der Waals surface area contributed by atoms with E-state index in [0.717, 1.165) is 5.69 Å². The lowest BCUT2D eigenvalue weighted by Gasteiger charge is -2.00. The first-order valence-corrected chi connectivity index (χ1v) is 6.20. The number of hydrogen-bond donors (Lipinski definition) is 1. The zero-order valence-electron chi connectivity index (χ0n) is 11.2. The van der Waals surface area contributed by atoms with Gasteiger partial charge in [0.15, 0.2) is 5.75 Å². The molecule has 1 aromatic heterocycles.